The minimum atomic E-state index is 0.00951. The number of ether oxygens (including phenoxy) is 2. The number of nitrogens with zero attached hydrogens (tertiary/aromatic N) is 2. The smallest absolute Gasteiger partial charge is 0.224 e. The highest BCUT2D eigenvalue weighted by molar-refractivity contribution is 5.79. The summed E-state index contributed by atoms with van der Waals surface area (Å²) in [6.45, 7) is 8.01. The van der Waals surface area contributed by atoms with E-state index in [1.54, 1.807) is 7.11 Å². The van der Waals surface area contributed by atoms with E-state index in [4.69, 9.17) is 9.47 Å². The van der Waals surface area contributed by atoms with Crippen LogP contribution in [0.25, 0.3) is 0 Å². The summed E-state index contributed by atoms with van der Waals surface area (Å²) in [4.78, 5) is 18.2. The third kappa shape index (κ3) is 7.03. The van der Waals surface area contributed by atoms with Gasteiger partial charge in [-0.15, -0.1) is 0 Å². The van der Waals surface area contributed by atoms with Gasteiger partial charge in [0.25, 0.3) is 0 Å². The van der Waals surface area contributed by atoms with E-state index in [-0.39, 0.29) is 11.8 Å². The van der Waals surface area contributed by atoms with Crippen LogP contribution >= 0.6 is 0 Å². The van der Waals surface area contributed by atoms with E-state index in [0.29, 0.717) is 12.5 Å². The molecule has 178 valence electrons. The molecule has 0 bridgehead atoms. The first kappa shape index (κ1) is 23.7. The van der Waals surface area contributed by atoms with Gasteiger partial charge in [0.05, 0.1) is 26.2 Å². The fraction of sp³-hybridized carbons (Fsp3) is 0.519. The normalized spacial score (nSPS) is 22.1. The number of morpholine rings is 1. The van der Waals surface area contributed by atoms with Crippen LogP contribution in [0.3, 0.4) is 0 Å². The predicted octanol–water partition coefficient (Wildman–Crippen LogP) is 2.82. The summed E-state index contributed by atoms with van der Waals surface area (Å²) < 4.78 is 11.0. The molecule has 0 radical (unpaired) electrons. The van der Waals surface area contributed by atoms with E-state index in [2.05, 4.69) is 45.4 Å². The quantitative estimate of drug-likeness (QED) is 0.636. The molecule has 2 heterocycles. The van der Waals surface area contributed by atoms with Crippen molar-refractivity contribution < 1.29 is 14.3 Å². The number of nitrogens with one attached hydrogen (secondary N) is 1. The van der Waals surface area contributed by atoms with E-state index < -0.39 is 0 Å². The Bertz CT molecular complexity index is 870. The number of amides is 1. The number of rotatable bonds is 9. The van der Waals surface area contributed by atoms with Crippen molar-refractivity contribution in [2.45, 2.75) is 19.4 Å². The van der Waals surface area contributed by atoms with Crippen molar-refractivity contribution in [3.63, 3.8) is 0 Å². The first-order valence-electron chi connectivity index (χ1n) is 12.2. The van der Waals surface area contributed by atoms with E-state index in [1.165, 1.54) is 5.56 Å². The molecule has 0 spiro atoms. The van der Waals surface area contributed by atoms with Crippen LogP contribution in [-0.2, 0) is 22.5 Å². The van der Waals surface area contributed by atoms with Crippen molar-refractivity contribution in [1.82, 2.24) is 15.1 Å². The number of hydrogen-bond donors (Lipinski definition) is 1. The lowest BCUT2D eigenvalue weighted by Crippen LogP contribution is -2.50. The highest BCUT2D eigenvalue weighted by Gasteiger charge is 2.32. The molecule has 6 heteroatoms. The highest BCUT2D eigenvalue weighted by atomic mass is 16.5. The Balaban J connectivity index is 1.37. The third-order valence-corrected chi connectivity index (χ3v) is 6.81. The second kappa shape index (κ2) is 12.2. The molecule has 6 nitrogen and oxygen atoms in total. The summed E-state index contributed by atoms with van der Waals surface area (Å²) in [5.74, 6) is 1.47. The molecule has 2 saturated heterocycles. The Kier molecular flexibility index (Phi) is 8.75. The minimum absolute atomic E-state index is 0.00951. The maximum Gasteiger partial charge on any atom is 0.224 e. The molecule has 2 fully saturated rings. The van der Waals surface area contributed by atoms with Gasteiger partial charge in [0, 0.05) is 51.4 Å². The van der Waals surface area contributed by atoms with Crippen LogP contribution in [0.5, 0.6) is 5.75 Å². The van der Waals surface area contributed by atoms with Crippen LogP contribution in [0.4, 0.5) is 0 Å². The number of likely N-dealkylation sites (tertiary alicyclic amines) is 1. The Morgan fingerprint density at radius 1 is 1.03 bits per heavy atom. The summed E-state index contributed by atoms with van der Waals surface area (Å²) in [5.41, 5.74) is 2.36. The third-order valence-electron chi connectivity index (χ3n) is 6.81. The zero-order chi connectivity index (χ0) is 22.9. The van der Waals surface area contributed by atoms with Gasteiger partial charge in [0.1, 0.15) is 5.75 Å². The first-order chi connectivity index (χ1) is 16.2. The molecule has 2 aromatic carbocycles. The van der Waals surface area contributed by atoms with Crippen molar-refractivity contribution in [2.75, 3.05) is 59.6 Å². The Hall–Kier alpha value is -2.41. The first-order valence-corrected chi connectivity index (χ1v) is 12.2. The topological polar surface area (TPSA) is 54.0 Å². The van der Waals surface area contributed by atoms with Crippen LogP contribution in [0.2, 0.25) is 0 Å². The van der Waals surface area contributed by atoms with Gasteiger partial charge >= 0.3 is 0 Å². The number of carbonyl (C=O) groups is 1. The van der Waals surface area contributed by atoms with Gasteiger partial charge in [-0.3, -0.25) is 9.69 Å². The molecular weight excluding hydrogens is 414 g/mol. The lowest BCUT2D eigenvalue weighted by molar-refractivity contribution is -0.127. The van der Waals surface area contributed by atoms with E-state index >= 15 is 0 Å². The second-order valence-corrected chi connectivity index (χ2v) is 9.24. The number of methoxy groups -OCH3 is 1. The van der Waals surface area contributed by atoms with Crippen LogP contribution in [0, 0.1) is 11.8 Å². The lowest BCUT2D eigenvalue weighted by atomic mass is 9.87. The molecule has 4 rings (SSSR count). The lowest BCUT2D eigenvalue weighted by Gasteiger charge is -2.40. The Labute approximate surface area is 197 Å². The summed E-state index contributed by atoms with van der Waals surface area (Å²) in [6.07, 6.45) is 1.96. The molecule has 33 heavy (non-hydrogen) atoms. The fourth-order valence-electron chi connectivity index (χ4n) is 5.06. The zero-order valence-electron chi connectivity index (χ0n) is 19.7. The van der Waals surface area contributed by atoms with Crippen molar-refractivity contribution in [2.24, 2.45) is 11.8 Å². The fourth-order valence-corrected chi connectivity index (χ4v) is 5.06. The molecule has 1 amide bonds. The van der Waals surface area contributed by atoms with Crippen LogP contribution < -0.4 is 10.1 Å². The molecule has 2 aliphatic rings. The standard InChI is InChI=1S/C27H37N3O3/c1-32-26-10-6-5-9-24(26)18-28-27(31)25-17-23(19-29-13-15-33-16-14-29)20-30(21-25)12-11-22-7-3-2-4-8-22/h2-10,23,25H,11-21H2,1H3,(H,28,31)/t23-,25-/m1/s1. The molecule has 0 saturated carbocycles. The van der Waals surface area contributed by atoms with Crippen LogP contribution in [0.1, 0.15) is 17.5 Å². The molecule has 2 aromatic rings. The van der Waals surface area contributed by atoms with Crippen molar-refractivity contribution in [1.29, 1.82) is 0 Å². The van der Waals surface area contributed by atoms with Gasteiger partial charge in [0.15, 0.2) is 0 Å². The van der Waals surface area contributed by atoms with Gasteiger partial charge in [-0.25, -0.2) is 0 Å². The molecule has 2 atom stereocenters. The molecule has 2 aliphatic heterocycles. The van der Waals surface area contributed by atoms with E-state index in [9.17, 15) is 4.79 Å². The average Bonchev–Trinajstić information content (AvgIpc) is 2.87. The minimum Gasteiger partial charge on any atom is -0.496 e. The summed E-state index contributed by atoms with van der Waals surface area (Å²) in [5, 5.41) is 3.18. The van der Waals surface area contributed by atoms with Crippen LogP contribution in [-0.4, -0.2) is 75.3 Å². The van der Waals surface area contributed by atoms with Gasteiger partial charge in [0.2, 0.25) is 5.91 Å². The number of para-hydroxylation sites is 1. The summed E-state index contributed by atoms with van der Waals surface area (Å²) in [7, 11) is 1.67. The van der Waals surface area contributed by atoms with Gasteiger partial charge < -0.3 is 19.7 Å². The van der Waals surface area contributed by atoms with Gasteiger partial charge in [-0.1, -0.05) is 48.5 Å². The zero-order valence-corrected chi connectivity index (χ0v) is 19.7. The number of piperidine rings is 1. The van der Waals surface area contributed by atoms with E-state index in [1.807, 2.05) is 24.3 Å². The molecule has 1 N–H and O–H groups in total. The predicted molar refractivity (Wildman–Crippen MR) is 130 cm³/mol. The summed E-state index contributed by atoms with van der Waals surface area (Å²) >= 11 is 0. The average molecular weight is 452 g/mol. The van der Waals surface area contributed by atoms with Gasteiger partial charge in [-0.05, 0) is 30.4 Å². The molecule has 0 unspecified atom stereocenters. The maximum atomic E-state index is 13.2. The van der Waals surface area contributed by atoms with Crippen molar-refractivity contribution in [3.05, 3.63) is 65.7 Å². The molecule has 0 aliphatic carbocycles. The number of hydrogen-bond acceptors (Lipinski definition) is 5. The second-order valence-electron chi connectivity index (χ2n) is 9.24. The Morgan fingerprint density at radius 3 is 2.58 bits per heavy atom. The summed E-state index contributed by atoms with van der Waals surface area (Å²) in [6, 6.07) is 18.5. The highest BCUT2D eigenvalue weighted by Crippen LogP contribution is 2.25. The Morgan fingerprint density at radius 2 is 1.79 bits per heavy atom. The monoisotopic (exact) mass is 451 g/mol. The number of carbonyl (C=O) groups excluding carboxylic acids is 1. The van der Waals surface area contributed by atoms with Crippen LogP contribution in [0.15, 0.2) is 54.6 Å². The molecular formula is C27H37N3O3. The maximum absolute atomic E-state index is 13.2. The number of benzene rings is 2. The molecule has 0 aromatic heterocycles. The van der Waals surface area contributed by atoms with Gasteiger partial charge in [-0.2, -0.15) is 0 Å². The van der Waals surface area contributed by atoms with E-state index in [0.717, 1.165) is 76.6 Å². The van der Waals surface area contributed by atoms with Crippen molar-refractivity contribution >= 4 is 5.91 Å². The largest absolute Gasteiger partial charge is 0.496 e. The SMILES string of the molecule is COc1ccccc1CNC(=O)[C@@H]1C[C@H](CN2CCOCC2)CN(CCc2ccccc2)C1. The van der Waals surface area contributed by atoms with Crippen molar-refractivity contribution in [3.8, 4) is 5.75 Å².